The summed E-state index contributed by atoms with van der Waals surface area (Å²) in [5, 5.41) is 0. The minimum atomic E-state index is -0.212. The summed E-state index contributed by atoms with van der Waals surface area (Å²) in [7, 11) is 0. The molecule has 0 aliphatic rings. The first-order valence-electron chi connectivity index (χ1n) is 3.84. The summed E-state index contributed by atoms with van der Waals surface area (Å²) in [5.74, 6) is 5.42. The van der Waals surface area contributed by atoms with Gasteiger partial charge >= 0.3 is 0 Å². The molecule has 0 aliphatic carbocycles. The third-order valence-corrected chi connectivity index (χ3v) is 1.89. The molecule has 1 rings (SSSR count). The Morgan fingerprint density at radius 2 is 1.92 bits per heavy atom. The largest absolute Gasteiger partial charge is 0.207 e. The van der Waals surface area contributed by atoms with E-state index < -0.39 is 0 Å². The van der Waals surface area contributed by atoms with Crippen molar-refractivity contribution in [3.63, 3.8) is 0 Å². The zero-order valence-electron chi connectivity index (χ0n) is 7.53. The summed E-state index contributed by atoms with van der Waals surface area (Å²) < 4.78 is 12.9. The van der Waals surface area contributed by atoms with E-state index in [0.29, 0.717) is 0 Å². The standard InChI is InChI=1S/C11H11F/c1-4-5-10-7-11(12)6-8(2)9(10)3/h6-7H,1-3H3. The number of benzene rings is 1. The molecule has 0 nitrogen and oxygen atoms in total. The molecule has 0 atom stereocenters. The van der Waals surface area contributed by atoms with Crippen LogP contribution in [0.4, 0.5) is 4.39 Å². The molecule has 0 saturated carbocycles. The van der Waals surface area contributed by atoms with Crippen molar-refractivity contribution >= 4 is 0 Å². The van der Waals surface area contributed by atoms with Gasteiger partial charge in [0.15, 0.2) is 0 Å². The van der Waals surface area contributed by atoms with Crippen molar-refractivity contribution in [2.24, 2.45) is 0 Å². The van der Waals surface area contributed by atoms with Gasteiger partial charge in [0.05, 0.1) is 0 Å². The van der Waals surface area contributed by atoms with Gasteiger partial charge in [0, 0.05) is 5.56 Å². The minimum absolute atomic E-state index is 0.212. The summed E-state index contributed by atoms with van der Waals surface area (Å²) in [5.41, 5.74) is 2.80. The molecule has 0 unspecified atom stereocenters. The number of aryl methyl sites for hydroxylation is 1. The second-order valence-electron chi connectivity index (χ2n) is 2.77. The Balaban J connectivity index is 3.34. The van der Waals surface area contributed by atoms with Crippen molar-refractivity contribution in [1.29, 1.82) is 0 Å². The van der Waals surface area contributed by atoms with Crippen molar-refractivity contribution in [1.82, 2.24) is 0 Å². The zero-order valence-corrected chi connectivity index (χ0v) is 7.53. The molecule has 0 bridgehead atoms. The van der Waals surface area contributed by atoms with Crippen molar-refractivity contribution in [2.75, 3.05) is 0 Å². The van der Waals surface area contributed by atoms with Gasteiger partial charge in [0.25, 0.3) is 0 Å². The molecule has 12 heavy (non-hydrogen) atoms. The molecule has 0 aromatic heterocycles. The number of hydrogen-bond acceptors (Lipinski definition) is 0. The van der Waals surface area contributed by atoms with Crippen LogP contribution in [0, 0.1) is 31.5 Å². The van der Waals surface area contributed by atoms with Crippen LogP contribution < -0.4 is 0 Å². The van der Waals surface area contributed by atoms with Crippen molar-refractivity contribution in [2.45, 2.75) is 20.8 Å². The molecule has 1 aromatic rings. The number of hydrogen-bond donors (Lipinski definition) is 0. The van der Waals surface area contributed by atoms with Crippen molar-refractivity contribution < 1.29 is 4.39 Å². The van der Waals surface area contributed by atoms with Gasteiger partial charge in [-0.1, -0.05) is 5.92 Å². The van der Waals surface area contributed by atoms with E-state index in [1.165, 1.54) is 12.1 Å². The molecule has 0 radical (unpaired) electrons. The maximum atomic E-state index is 12.9. The van der Waals surface area contributed by atoms with E-state index in [1.54, 1.807) is 6.92 Å². The molecule has 62 valence electrons. The van der Waals surface area contributed by atoms with Crippen LogP contribution in [0.1, 0.15) is 23.6 Å². The first-order chi connectivity index (χ1) is 5.65. The Morgan fingerprint density at radius 1 is 1.25 bits per heavy atom. The molecule has 1 heteroatoms. The molecule has 0 fully saturated rings. The first-order valence-corrected chi connectivity index (χ1v) is 3.84. The van der Waals surface area contributed by atoms with Crippen LogP contribution in [-0.4, -0.2) is 0 Å². The molecule has 0 heterocycles. The highest BCUT2D eigenvalue weighted by molar-refractivity contribution is 5.44. The van der Waals surface area contributed by atoms with Gasteiger partial charge in [0.2, 0.25) is 0 Å². The van der Waals surface area contributed by atoms with Gasteiger partial charge in [-0.05, 0) is 44.0 Å². The summed E-state index contributed by atoms with van der Waals surface area (Å²) in [4.78, 5) is 0. The highest BCUT2D eigenvalue weighted by Gasteiger charge is 2.00. The average molecular weight is 162 g/mol. The van der Waals surface area contributed by atoms with Gasteiger partial charge in [-0.2, -0.15) is 0 Å². The predicted octanol–water partition coefficient (Wildman–Crippen LogP) is 2.81. The van der Waals surface area contributed by atoms with E-state index in [1.807, 2.05) is 13.8 Å². The number of halogens is 1. The topological polar surface area (TPSA) is 0 Å². The maximum Gasteiger partial charge on any atom is 0.124 e. The second kappa shape index (κ2) is 3.40. The Kier molecular flexibility index (Phi) is 2.50. The summed E-state index contributed by atoms with van der Waals surface area (Å²) in [6.07, 6.45) is 0. The monoisotopic (exact) mass is 162 g/mol. The molecule has 1 aromatic carbocycles. The van der Waals surface area contributed by atoms with Crippen LogP contribution in [0.25, 0.3) is 0 Å². The lowest BCUT2D eigenvalue weighted by Gasteiger charge is -2.02. The quantitative estimate of drug-likeness (QED) is 0.514. The lowest BCUT2D eigenvalue weighted by atomic mass is 10.0. The van der Waals surface area contributed by atoms with Gasteiger partial charge < -0.3 is 0 Å². The molecule has 0 saturated heterocycles. The Bertz CT molecular complexity index is 353. The minimum Gasteiger partial charge on any atom is -0.207 e. The highest BCUT2D eigenvalue weighted by atomic mass is 19.1. The average Bonchev–Trinajstić information content (AvgIpc) is 2.00. The van der Waals surface area contributed by atoms with Crippen LogP contribution in [0.3, 0.4) is 0 Å². The van der Waals surface area contributed by atoms with E-state index in [4.69, 9.17) is 0 Å². The smallest absolute Gasteiger partial charge is 0.124 e. The first kappa shape index (κ1) is 8.80. The van der Waals surface area contributed by atoms with Crippen LogP contribution >= 0.6 is 0 Å². The third-order valence-electron chi connectivity index (χ3n) is 1.89. The second-order valence-corrected chi connectivity index (χ2v) is 2.77. The Hall–Kier alpha value is -1.29. The van der Waals surface area contributed by atoms with E-state index in [0.717, 1.165) is 16.7 Å². The molecule has 0 amide bonds. The Labute approximate surface area is 72.4 Å². The van der Waals surface area contributed by atoms with Crippen LogP contribution in [-0.2, 0) is 0 Å². The molecular weight excluding hydrogens is 151 g/mol. The summed E-state index contributed by atoms with van der Waals surface area (Å²) in [6, 6.07) is 3.00. The van der Waals surface area contributed by atoms with E-state index in [-0.39, 0.29) is 5.82 Å². The fourth-order valence-electron chi connectivity index (χ4n) is 1.08. The highest BCUT2D eigenvalue weighted by Crippen LogP contribution is 2.14. The van der Waals surface area contributed by atoms with Crippen molar-refractivity contribution in [3.05, 3.63) is 34.6 Å². The van der Waals surface area contributed by atoms with E-state index >= 15 is 0 Å². The molecular formula is C11H11F. The van der Waals surface area contributed by atoms with Crippen LogP contribution in [0.5, 0.6) is 0 Å². The van der Waals surface area contributed by atoms with Gasteiger partial charge in [-0.3, -0.25) is 0 Å². The zero-order chi connectivity index (χ0) is 9.14. The molecule has 0 spiro atoms. The van der Waals surface area contributed by atoms with Gasteiger partial charge in [0.1, 0.15) is 5.82 Å². The van der Waals surface area contributed by atoms with E-state index in [2.05, 4.69) is 11.8 Å². The number of rotatable bonds is 0. The van der Waals surface area contributed by atoms with Crippen molar-refractivity contribution in [3.8, 4) is 11.8 Å². The molecule has 0 aliphatic heterocycles. The van der Waals surface area contributed by atoms with Gasteiger partial charge in [-0.25, -0.2) is 4.39 Å². The van der Waals surface area contributed by atoms with Crippen LogP contribution in [0.15, 0.2) is 12.1 Å². The Morgan fingerprint density at radius 3 is 2.50 bits per heavy atom. The maximum absolute atomic E-state index is 12.9. The van der Waals surface area contributed by atoms with E-state index in [9.17, 15) is 4.39 Å². The summed E-state index contributed by atoms with van der Waals surface area (Å²) in [6.45, 7) is 5.59. The SMILES string of the molecule is CC#Cc1cc(F)cc(C)c1C. The van der Waals surface area contributed by atoms with Crippen LogP contribution in [0.2, 0.25) is 0 Å². The third kappa shape index (κ3) is 1.65. The normalized spacial score (nSPS) is 9.00. The molecule has 0 N–H and O–H groups in total. The fourth-order valence-corrected chi connectivity index (χ4v) is 1.08. The fraction of sp³-hybridized carbons (Fsp3) is 0.273. The lowest BCUT2D eigenvalue weighted by molar-refractivity contribution is 0.625. The van der Waals surface area contributed by atoms with Gasteiger partial charge in [-0.15, -0.1) is 5.92 Å². The predicted molar refractivity (Wildman–Crippen MR) is 48.4 cm³/mol. The lowest BCUT2D eigenvalue weighted by Crippen LogP contribution is -1.89. The summed E-state index contributed by atoms with van der Waals surface area (Å²) >= 11 is 0.